The Morgan fingerprint density at radius 3 is 2.61 bits per heavy atom. The number of H-pyrrole nitrogens is 1. The second kappa shape index (κ2) is 7.92. The Morgan fingerprint density at radius 2 is 1.96 bits per heavy atom. The third-order valence-corrected chi connectivity index (χ3v) is 3.90. The second-order valence-electron chi connectivity index (χ2n) is 5.21. The van der Waals surface area contributed by atoms with E-state index in [1.54, 1.807) is 0 Å². The predicted octanol–water partition coefficient (Wildman–Crippen LogP) is 2.28. The number of nitrogens with one attached hydrogen (secondary N) is 2. The SMILES string of the molecule is CCCCc1ccc(NC(=O)Cn2cc(Br)c(=O)[nH]c2=O)cc1. The molecule has 0 spiro atoms. The molecule has 7 heteroatoms. The van der Waals surface area contributed by atoms with Gasteiger partial charge >= 0.3 is 5.69 Å². The maximum absolute atomic E-state index is 12.0. The van der Waals surface area contributed by atoms with Crippen LogP contribution in [-0.4, -0.2) is 15.5 Å². The van der Waals surface area contributed by atoms with Gasteiger partial charge in [-0.15, -0.1) is 0 Å². The highest BCUT2D eigenvalue weighted by Gasteiger charge is 2.07. The van der Waals surface area contributed by atoms with Crippen LogP contribution in [0, 0.1) is 0 Å². The van der Waals surface area contributed by atoms with E-state index in [0.717, 1.165) is 23.8 Å². The summed E-state index contributed by atoms with van der Waals surface area (Å²) in [6.45, 7) is 1.97. The van der Waals surface area contributed by atoms with E-state index in [2.05, 4.69) is 33.2 Å². The van der Waals surface area contributed by atoms with E-state index in [0.29, 0.717) is 5.69 Å². The molecular formula is C16H18BrN3O3. The summed E-state index contributed by atoms with van der Waals surface area (Å²) in [5.74, 6) is -0.340. The molecule has 2 N–H and O–H groups in total. The molecule has 0 unspecified atom stereocenters. The van der Waals surface area contributed by atoms with E-state index < -0.39 is 11.2 Å². The second-order valence-corrected chi connectivity index (χ2v) is 6.07. The van der Waals surface area contributed by atoms with Crippen molar-refractivity contribution in [2.45, 2.75) is 32.7 Å². The number of hydrogen-bond acceptors (Lipinski definition) is 3. The molecule has 0 saturated carbocycles. The molecule has 0 radical (unpaired) electrons. The van der Waals surface area contributed by atoms with Crippen molar-refractivity contribution < 1.29 is 4.79 Å². The van der Waals surface area contributed by atoms with E-state index in [-0.39, 0.29) is 16.9 Å². The maximum Gasteiger partial charge on any atom is 0.328 e. The molecular weight excluding hydrogens is 362 g/mol. The van der Waals surface area contributed by atoms with Gasteiger partial charge in [0.1, 0.15) is 6.54 Å². The van der Waals surface area contributed by atoms with Crippen LogP contribution in [0.3, 0.4) is 0 Å². The van der Waals surface area contributed by atoms with Gasteiger partial charge in [-0.1, -0.05) is 25.5 Å². The number of nitrogens with zero attached hydrogens (tertiary/aromatic N) is 1. The summed E-state index contributed by atoms with van der Waals surface area (Å²) in [6, 6.07) is 7.64. The standard InChI is InChI=1S/C16H18BrN3O3/c1-2-3-4-11-5-7-12(8-6-11)18-14(21)10-20-9-13(17)15(22)19-16(20)23/h5-9H,2-4,10H2,1H3,(H,18,21)(H,19,22,23). The maximum atomic E-state index is 12.0. The smallest absolute Gasteiger partial charge is 0.325 e. The van der Waals surface area contributed by atoms with Crippen molar-refractivity contribution >= 4 is 27.5 Å². The number of carbonyl (C=O) groups is 1. The molecule has 2 rings (SSSR count). The van der Waals surface area contributed by atoms with Crippen molar-refractivity contribution in [3.05, 3.63) is 61.3 Å². The van der Waals surface area contributed by atoms with Gasteiger partial charge in [0.2, 0.25) is 5.91 Å². The summed E-state index contributed by atoms with van der Waals surface area (Å²) in [5.41, 5.74) is 0.759. The predicted molar refractivity (Wildman–Crippen MR) is 92.7 cm³/mol. The Morgan fingerprint density at radius 1 is 1.26 bits per heavy atom. The Labute approximate surface area is 141 Å². The first-order valence-electron chi connectivity index (χ1n) is 7.37. The lowest BCUT2D eigenvalue weighted by atomic mass is 10.1. The monoisotopic (exact) mass is 379 g/mol. The topological polar surface area (TPSA) is 84.0 Å². The number of aromatic amines is 1. The first-order chi connectivity index (χ1) is 11.0. The molecule has 1 heterocycles. The summed E-state index contributed by atoms with van der Waals surface area (Å²) in [7, 11) is 0. The number of hydrogen-bond donors (Lipinski definition) is 2. The minimum atomic E-state index is -0.622. The number of aromatic nitrogens is 2. The quantitative estimate of drug-likeness (QED) is 0.807. The number of carbonyl (C=O) groups excluding carboxylic acids is 1. The van der Waals surface area contributed by atoms with Crippen molar-refractivity contribution in [1.82, 2.24) is 9.55 Å². The molecule has 0 saturated heterocycles. The van der Waals surface area contributed by atoms with Crippen LogP contribution in [0.25, 0.3) is 0 Å². The van der Waals surface area contributed by atoms with Gasteiger partial charge in [0.25, 0.3) is 5.56 Å². The first kappa shape index (κ1) is 17.2. The van der Waals surface area contributed by atoms with Gasteiger partial charge in [0.15, 0.2) is 0 Å². The first-order valence-corrected chi connectivity index (χ1v) is 8.17. The summed E-state index contributed by atoms with van der Waals surface area (Å²) in [4.78, 5) is 37.0. The van der Waals surface area contributed by atoms with E-state index in [4.69, 9.17) is 0 Å². The van der Waals surface area contributed by atoms with Gasteiger partial charge in [-0.3, -0.25) is 19.1 Å². The molecule has 0 atom stereocenters. The largest absolute Gasteiger partial charge is 0.328 e. The Bertz CT molecular complexity index is 793. The number of benzene rings is 1. The number of halogens is 1. The van der Waals surface area contributed by atoms with Gasteiger partial charge in [-0.25, -0.2) is 4.79 Å². The summed E-state index contributed by atoms with van der Waals surface area (Å²) >= 11 is 3.03. The molecule has 0 aliphatic carbocycles. The van der Waals surface area contributed by atoms with Crippen molar-refractivity contribution in [2.24, 2.45) is 0 Å². The third kappa shape index (κ3) is 4.92. The average Bonchev–Trinajstić information content (AvgIpc) is 2.52. The van der Waals surface area contributed by atoms with Crippen molar-refractivity contribution in [1.29, 1.82) is 0 Å². The fourth-order valence-electron chi connectivity index (χ4n) is 2.09. The highest BCUT2D eigenvalue weighted by atomic mass is 79.9. The fraction of sp³-hybridized carbons (Fsp3) is 0.312. The van der Waals surface area contributed by atoms with Crippen LogP contribution in [0.1, 0.15) is 25.3 Å². The van der Waals surface area contributed by atoms with E-state index >= 15 is 0 Å². The Balaban J connectivity index is 2.01. The zero-order valence-electron chi connectivity index (χ0n) is 12.8. The highest BCUT2D eigenvalue weighted by molar-refractivity contribution is 9.10. The molecule has 0 fully saturated rings. The molecule has 23 heavy (non-hydrogen) atoms. The fourth-order valence-corrected chi connectivity index (χ4v) is 2.44. The molecule has 0 aliphatic rings. The van der Waals surface area contributed by atoms with Crippen LogP contribution >= 0.6 is 15.9 Å². The normalized spacial score (nSPS) is 10.5. The number of amides is 1. The molecule has 1 aromatic heterocycles. The van der Waals surface area contributed by atoms with Crippen molar-refractivity contribution in [3.63, 3.8) is 0 Å². The third-order valence-electron chi connectivity index (χ3n) is 3.34. The van der Waals surface area contributed by atoms with Crippen LogP contribution in [-0.2, 0) is 17.8 Å². The average molecular weight is 380 g/mol. The zero-order chi connectivity index (χ0) is 16.8. The molecule has 1 amide bonds. The number of rotatable bonds is 6. The lowest BCUT2D eigenvalue weighted by molar-refractivity contribution is -0.116. The van der Waals surface area contributed by atoms with Crippen LogP contribution in [0.4, 0.5) is 5.69 Å². The number of aryl methyl sites for hydroxylation is 1. The minimum absolute atomic E-state index is 0.175. The number of anilines is 1. The molecule has 0 aliphatic heterocycles. The summed E-state index contributed by atoms with van der Waals surface area (Å²) in [5, 5.41) is 2.73. The number of unbranched alkanes of at least 4 members (excludes halogenated alkanes) is 1. The highest BCUT2D eigenvalue weighted by Crippen LogP contribution is 2.11. The van der Waals surface area contributed by atoms with Crippen molar-refractivity contribution in [3.8, 4) is 0 Å². The molecule has 0 bridgehead atoms. The van der Waals surface area contributed by atoms with E-state index in [9.17, 15) is 14.4 Å². The lowest BCUT2D eigenvalue weighted by Crippen LogP contribution is -2.33. The van der Waals surface area contributed by atoms with Crippen LogP contribution in [0.15, 0.2) is 44.5 Å². The summed E-state index contributed by atoms with van der Waals surface area (Å²) < 4.78 is 1.33. The van der Waals surface area contributed by atoms with E-state index in [1.165, 1.54) is 11.8 Å². The van der Waals surface area contributed by atoms with Crippen LogP contribution in [0.2, 0.25) is 0 Å². The van der Waals surface area contributed by atoms with Gasteiger partial charge in [-0.05, 0) is 46.5 Å². The lowest BCUT2D eigenvalue weighted by Gasteiger charge is -2.08. The van der Waals surface area contributed by atoms with Gasteiger partial charge in [0.05, 0.1) is 4.47 Å². The summed E-state index contributed by atoms with van der Waals surface area (Å²) in [6.07, 6.45) is 4.60. The van der Waals surface area contributed by atoms with Crippen LogP contribution < -0.4 is 16.6 Å². The van der Waals surface area contributed by atoms with Gasteiger partial charge in [0, 0.05) is 11.9 Å². The minimum Gasteiger partial charge on any atom is -0.325 e. The van der Waals surface area contributed by atoms with E-state index in [1.807, 2.05) is 24.3 Å². The molecule has 2 aromatic rings. The van der Waals surface area contributed by atoms with Crippen LogP contribution in [0.5, 0.6) is 0 Å². The molecule has 1 aromatic carbocycles. The molecule has 122 valence electrons. The van der Waals surface area contributed by atoms with Crippen molar-refractivity contribution in [2.75, 3.05) is 5.32 Å². The molecule has 6 nitrogen and oxygen atoms in total. The van der Waals surface area contributed by atoms with Gasteiger partial charge < -0.3 is 5.32 Å². The van der Waals surface area contributed by atoms with Gasteiger partial charge in [-0.2, -0.15) is 0 Å². The zero-order valence-corrected chi connectivity index (χ0v) is 14.4. The Kier molecular flexibility index (Phi) is 5.92. The Hall–Kier alpha value is -2.15.